The summed E-state index contributed by atoms with van der Waals surface area (Å²) in [5, 5.41) is 3.57. The zero-order chi connectivity index (χ0) is 11.4. The first-order chi connectivity index (χ1) is 6.13. The highest BCUT2D eigenvalue weighted by Crippen LogP contribution is 2.23. The lowest BCUT2D eigenvalue weighted by atomic mass is 9.88. The molecule has 0 heterocycles. The Kier molecular flexibility index (Phi) is 5.53. The second kappa shape index (κ2) is 5.41. The minimum atomic E-state index is 0.367. The Morgan fingerprint density at radius 1 is 1.07 bits per heavy atom. The Hall–Kier alpha value is 0.310. The smallest absolute Gasteiger partial charge is 0.00876 e. The van der Waals surface area contributed by atoms with Crippen molar-refractivity contribution in [2.75, 3.05) is 12.3 Å². The minimum Gasteiger partial charge on any atom is -0.313 e. The molecule has 0 saturated carbocycles. The van der Waals surface area contributed by atoms with Crippen molar-refractivity contribution in [1.82, 2.24) is 5.32 Å². The molecule has 0 saturated heterocycles. The molecule has 0 spiro atoms. The molecular formula is C12H27NS. The average molecular weight is 217 g/mol. The predicted octanol–water partition coefficient (Wildman–Crippen LogP) is 3.54. The third-order valence-electron chi connectivity index (χ3n) is 2.39. The van der Waals surface area contributed by atoms with E-state index in [1.807, 2.05) is 11.8 Å². The molecule has 0 rings (SSSR count). The van der Waals surface area contributed by atoms with Crippen LogP contribution in [0.25, 0.3) is 0 Å². The van der Waals surface area contributed by atoms with Gasteiger partial charge in [0.15, 0.2) is 0 Å². The molecule has 0 amide bonds. The van der Waals surface area contributed by atoms with Crippen molar-refractivity contribution in [2.24, 2.45) is 5.41 Å². The first-order valence-corrected chi connectivity index (χ1v) is 6.49. The van der Waals surface area contributed by atoms with Crippen LogP contribution in [0.15, 0.2) is 0 Å². The van der Waals surface area contributed by atoms with Crippen molar-refractivity contribution in [3.8, 4) is 0 Å². The summed E-state index contributed by atoms with van der Waals surface area (Å²) >= 11 is 2.02. The van der Waals surface area contributed by atoms with Crippen LogP contribution in [-0.4, -0.2) is 23.1 Å². The van der Waals surface area contributed by atoms with Gasteiger partial charge in [0.25, 0.3) is 0 Å². The van der Waals surface area contributed by atoms with E-state index in [0.29, 0.717) is 16.2 Å². The molecule has 86 valence electrons. The Balaban J connectivity index is 3.56. The summed E-state index contributed by atoms with van der Waals surface area (Å²) in [6, 6.07) is 0.586. The molecule has 0 aliphatic rings. The fourth-order valence-electron chi connectivity index (χ4n) is 0.939. The zero-order valence-corrected chi connectivity index (χ0v) is 11.7. The van der Waals surface area contributed by atoms with Crippen molar-refractivity contribution in [3.05, 3.63) is 0 Å². The standard InChI is InChI=1S/C12H27NS/c1-10(11(2,3)4)13-8-9-14-12(5,6)7/h10,13H,8-9H2,1-7H3. The maximum Gasteiger partial charge on any atom is 0.00876 e. The van der Waals surface area contributed by atoms with Gasteiger partial charge in [-0.25, -0.2) is 0 Å². The molecule has 0 aromatic heterocycles. The first kappa shape index (κ1) is 14.3. The van der Waals surface area contributed by atoms with Gasteiger partial charge in [0.1, 0.15) is 0 Å². The third kappa shape index (κ3) is 7.69. The maximum atomic E-state index is 3.57. The van der Waals surface area contributed by atoms with E-state index in [2.05, 4.69) is 53.8 Å². The minimum absolute atomic E-state index is 0.367. The van der Waals surface area contributed by atoms with Crippen molar-refractivity contribution in [2.45, 2.75) is 59.3 Å². The maximum absolute atomic E-state index is 3.57. The highest BCUT2D eigenvalue weighted by molar-refractivity contribution is 8.00. The Morgan fingerprint density at radius 3 is 1.93 bits per heavy atom. The number of rotatable bonds is 4. The van der Waals surface area contributed by atoms with E-state index in [4.69, 9.17) is 0 Å². The molecule has 0 aliphatic heterocycles. The second-order valence-electron chi connectivity index (χ2n) is 6.00. The van der Waals surface area contributed by atoms with Crippen LogP contribution < -0.4 is 5.32 Å². The predicted molar refractivity (Wildman–Crippen MR) is 69.1 cm³/mol. The van der Waals surface area contributed by atoms with Crippen LogP contribution >= 0.6 is 11.8 Å². The van der Waals surface area contributed by atoms with Gasteiger partial charge in [0.05, 0.1) is 0 Å². The molecule has 1 nitrogen and oxygen atoms in total. The first-order valence-electron chi connectivity index (χ1n) is 5.50. The molecule has 2 heteroatoms. The summed E-state index contributed by atoms with van der Waals surface area (Å²) < 4.78 is 0.395. The summed E-state index contributed by atoms with van der Waals surface area (Å²) in [4.78, 5) is 0. The van der Waals surface area contributed by atoms with Crippen LogP contribution in [-0.2, 0) is 0 Å². The van der Waals surface area contributed by atoms with Crippen LogP contribution in [0.5, 0.6) is 0 Å². The Morgan fingerprint density at radius 2 is 1.57 bits per heavy atom. The lowest BCUT2D eigenvalue weighted by molar-refractivity contribution is 0.291. The van der Waals surface area contributed by atoms with Gasteiger partial charge >= 0.3 is 0 Å². The molecule has 0 aromatic carbocycles. The second-order valence-corrected chi connectivity index (χ2v) is 7.92. The quantitative estimate of drug-likeness (QED) is 0.723. The van der Waals surface area contributed by atoms with E-state index >= 15 is 0 Å². The molecular weight excluding hydrogens is 190 g/mol. The van der Waals surface area contributed by atoms with Gasteiger partial charge in [-0.3, -0.25) is 0 Å². The summed E-state index contributed by atoms with van der Waals surface area (Å²) in [7, 11) is 0. The summed E-state index contributed by atoms with van der Waals surface area (Å²) in [5.41, 5.74) is 0.367. The highest BCUT2D eigenvalue weighted by atomic mass is 32.2. The van der Waals surface area contributed by atoms with E-state index in [1.54, 1.807) is 0 Å². The van der Waals surface area contributed by atoms with E-state index in [-0.39, 0.29) is 0 Å². The van der Waals surface area contributed by atoms with Gasteiger partial charge in [-0.15, -0.1) is 0 Å². The monoisotopic (exact) mass is 217 g/mol. The molecule has 0 aliphatic carbocycles. The lowest BCUT2D eigenvalue weighted by Gasteiger charge is -2.28. The van der Waals surface area contributed by atoms with E-state index in [1.165, 1.54) is 5.75 Å². The van der Waals surface area contributed by atoms with Crippen LogP contribution in [0, 0.1) is 5.41 Å². The fraction of sp³-hybridized carbons (Fsp3) is 1.00. The van der Waals surface area contributed by atoms with Crippen molar-refractivity contribution < 1.29 is 0 Å². The molecule has 14 heavy (non-hydrogen) atoms. The molecule has 0 bridgehead atoms. The number of hydrogen-bond acceptors (Lipinski definition) is 2. The van der Waals surface area contributed by atoms with Gasteiger partial charge in [-0.05, 0) is 12.3 Å². The fourth-order valence-corrected chi connectivity index (χ4v) is 1.77. The van der Waals surface area contributed by atoms with Gasteiger partial charge in [0, 0.05) is 23.1 Å². The summed E-state index contributed by atoms with van der Waals surface area (Å²) in [6.45, 7) is 17.0. The van der Waals surface area contributed by atoms with E-state index in [9.17, 15) is 0 Å². The van der Waals surface area contributed by atoms with Crippen molar-refractivity contribution >= 4 is 11.8 Å². The van der Waals surface area contributed by atoms with Crippen LogP contribution in [0.1, 0.15) is 48.5 Å². The summed E-state index contributed by atoms with van der Waals surface area (Å²) in [5.74, 6) is 1.20. The Labute approximate surface area is 94.4 Å². The van der Waals surface area contributed by atoms with Crippen LogP contribution in [0.4, 0.5) is 0 Å². The molecule has 1 unspecified atom stereocenters. The number of hydrogen-bond donors (Lipinski definition) is 1. The number of thioether (sulfide) groups is 1. The largest absolute Gasteiger partial charge is 0.313 e. The van der Waals surface area contributed by atoms with Crippen LogP contribution in [0.3, 0.4) is 0 Å². The SMILES string of the molecule is CC(NCCSC(C)(C)C)C(C)(C)C. The molecule has 0 fully saturated rings. The van der Waals surface area contributed by atoms with E-state index < -0.39 is 0 Å². The van der Waals surface area contributed by atoms with Crippen LogP contribution in [0.2, 0.25) is 0 Å². The van der Waals surface area contributed by atoms with E-state index in [0.717, 1.165) is 6.54 Å². The van der Waals surface area contributed by atoms with Gasteiger partial charge in [0.2, 0.25) is 0 Å². The zero-order valence-electron chi connectivity index (χ0n) is 10.9. The van der Waals surface area contributed by atoms with Crippen molar-refractivity contribution in [1.29, 1.82) is 0 Å². The number of nitrogens with one attached hydrogen (secondary N) is 1. The normalized spacial score (nSPS) is 15.6. The topological polar surface area (TPSA) is 12.0 Å². The molecule has 1 atom stereocenters. The Bertz CT molecular complexity index is 153. The molecule has 0 aromatic rings. The third-order valence-corrected chi connectivity index (χ3v) is 3.66. The van der Waals surface area contributed by atoms with Gasteiger partial charge in [-0.2, -0.15) is 11.8 Å². The molecule has 1 N–H and O–H groups in total. The average Bonchev–Trinajstić information content (AvgIpc) is 1.93. The summed E-state index contributed by atoms with van der Waals surface area (Å²) in [6.07, 6.45) is 0. The van der Waals surface area contributed by atoms with Gasteiger partial charge in [-0.1, -0.05) is 41.5 Å². The van der Waals surface area contributed by atoms with Gasteiger partial charge < -0.3 is 5.32 Å². The highest BCUT2D eigenvalue weighted by Gasteiger charge is 2.19. The lowest BCUT2D eigenvalue weighted by Crippen LogP contribution is -2.39. The van der Waals surface area contributed by atoms with Crippen molar-refractivity contribution in [3.63, 3.8) is 0 Å². The molecule has 0 radical (unpaired) electrons.